The lowest BCUT2D eigenvalue weighted by Crippen LogP contribution is -1.97. The van der Waals surface area contributed by atoms with Gasteiger partial charge in [-0.25, -0.2) is 9.78 Å². The molecule has 4 nitrogen and oxygen atoms in total. The summed E-state index contributed by atoms with van der Waals surface area (Å²) in [6.07, 6.45) is 5.90. The molecule has 0 unspecified atom stereocenters. The van der Waals surface area contributed by atoms with Crippen molar-refractivity contribution in [3.63, 3.8) is 0 Å². The van der Waals surface area contributed by atoms with Crippen LogP contribution in [0.1, 0.15) is 15.9 Å². The van der Waals surface area contributed by atoms with Gasteiger partial charge in [0.2, 0.25) is 0 Å². The fourth-order valence-corrected chi connectivity index (χ4v) is 2.25. The topological polar surface area (TPSA) is 63.1 Å². The van der Waals surface area contributed by atoms with Gasteiger partial charge < -0.3 is 5.11 Å². The molecular formula is C13H12N2O2S. The second-order valence-electron chi connectivity index (χ2n) is 3.65. The number of thioether (sulfide) groups is 1. The van der Waals surface area contributed by atoms with E-state index >= 15 is 0 Å². The zero-order valence-corrected chi connectivity index (χ0v) is 10.4. The normalized spacial score (nSPS) is 10.2. The van der Waals surface area contributed by atoms with E-state index in [2.05, 4.69) is 9.97 Å². The number of aromatic carboxylic acids is 1. The number of aryl methyl sites for hydroxylation is 1. The lowest BCUT2D eigenvalue weighted by Gasteiger charge is -2.01. The summed E-state index contributed by atoms with van der Waals surface area (Å²) in [4.78, 5) is 18.8. The molecule has 0 aliphatic heterocycles. The molecule has 0 saturated heterocycles. The molecule has 92 valence electrons. The summed E-state index contributed by atoms with van der Waals surface area (Å²) in [6, 6.07) is 7.26. The van der Waals surface area contributed by atoms with Crippen LogP contribution >= 0.6 is 11.8 Å². The van der Waals surface area contributed by atoms with Crippen LogP contribution in [0.2, 0.25) is 0 Å². The number of pyridine rings is 2. The fraction of sp³-hybridized carbons (Fsp3) is 0.154. The maximum absolute atomic E-state index is 10.7. The van der Waals surface area contributed by atoms with Crippen LogP contribution in [0.4, 0.5) is 0 Å². The quantitative estimate of drug-likeness (QED) is 0.837. The Morgan fingerprint density at radius 3 is 2.78 bits per heavy atom. The van der Waals surface area contributed by atoms with Crippen molar-refractivity contribution < 1.29 is 9.90 Å². The predicted molar refractivity (Wildman–Crippen MR) is 69.9 cm³/mol. The Bertz CT molecular complexity index is 514. The van der Waals surface area contributed by atoms with Gasteiger partial charge in [0, 0.05) is 24.3 Å². The van der Waals surface area contributed by atoms with Crippen molar-refractivity contribution in [3.8, 4) is 0 Å². The second kappa shape index (κ2) is 6.16. The van der Waals surface area contributed by atoms with Crippen LogP contribution in [0.5, 0.6) is 0 Å². The highest BCUT2D eigenvalue weighted by atomic mass is 32.2. The number of nitrogens with zero attached hydrogens (tertiary/aromatic N) is 2. The maximum atomic E-state index is 10.7. The molecule has 0 fully saturated rings. The molecule has 0 saturated carbocycles. The maximum Gasteiger partial charge on any atom is 0.337 e. The number of hydrogen-bond donors (Lipinski definition) is 1. The first-order valence-corrected chi connectivity index (χ1v) is 6.45. The molecule has 0 aliphatic rings. The number of aromatic nitrogens is 2. The van der Waals surface area contributed by atoms with Crippen LogP contribution in [-0.2, 0) is 6.42 Å². The van der Waals surface area contributed by atoms with E-state index in [0.29, 0.717) is 0 Å². The van der Waals surface area contributed by atoms with Crippen molar-refractivity contribution in [1.29, 1.82) is 0 Å². The lowest BCUT2D eigenvalue weighted by atomic mass is 10.2. The van der Waals surface area contributed by atoms with Gasteiger partial charge in [-0.05, 0) is 30.2 Å². The standard InChI is InChI=1S/C13H12N2O2S/c16-13(17)11-3-4-12(15-9-11)18-7-5-10-2-1-6-14-8-10/h1-4,6,8-9H,5,7H2,(H,16,17). The van der Waals surface area contributed by atoms with E-state index in [0.717, 1.165) is 17.2 Å². The lowest BCUT2D eigenvalue weighted by molar-refractivity contribution is 0.0696. The van der Waals surface area contributed by atoms with Crippen LogP contribution in [0, 0.1) is 0 Å². The van der Waals surface area contributed by atoms with Crippen LogP contribution < -0.4 is 0 Å². The Balaban J connectivity index is 1.85. The molecule has 5 heteroatoms. The van der Waals surface area contributed by atoms with E-state index in [9.17, 15) is 4.79 Å². The summed E-state index contributed by atoms with van der Waals surface area (Å²) in [5.74, 6) is -0.0557. The second-order valence-corrected chi connectivity index (χ2v) is 4.77. The third-order valence-electron chi connectivity index (χ3n) is 2.35. The Hall–Kier alpha value is -1.88. The summed E-state index contributed by atoms with van der Waals surface area (Å²) in [5, 5.41) is 9.58. The number of carboxylic acids is 1. The minimum Gasteiger partial charge on any atom is -0.478 e. The smallest absolute Gasteiger partial charge is 0.337 e. The third kappa shape index (κ3) is 3.56. The molecule has 18 heavy (non-hydrogen) atoms. The highest BCUT2D eigenvalue weighted by Crippen LogP contribution is 2.16. The van der Waals surface area contributed by atoms with Gasteiger partial charge in [-0.3, -0.25) is 4.98 Å². The predicted octanol–water partition coefficient (Wildman–Crippen LogP) is 2.51. The average Bonchev–Trinajstić information content (AvgIpc) is 2.40. The molecule has 0 spiro atoms. The molecule has 0 bridgehead atoms. The molecule has 2 rings (SSSR count). The van der Waals surface area contributed by atoms with E-state index in [4.69, 9.17) is 5.11 Å². The van der Waals surface area contributed by atoms with Gasteiger partial charge in [0.25, 0.3) is 0 Å². The highest BCUT2D eigenvalue weighted by molar-refractivity contribution is 7.99. The first kappa shape index (κ1) is 12.6. The summed E-state index contributed by atoms with van der Waals surface area (Å²) in [7, 11) is 0. The molecule has 0 aromatic carbocycles. The number of rotatable bonds is 5. The number of carboxylic acid groups (broad SMARTS) is 1. The van der Waals surface area contributed by atoms with Gasteiger partial charge in [-0.15, -0.1) is 11.8 Å². The van der Waals surface area contributed by atoms with Crippen molar-refractivity contribution in [1.82, 2.24) is 9.97 Å². The number of hydrogen-bond acceptors (Lipinski definition) is 4. The Morgan fingerprint density at radius 2 is 2.17 bits per heavy atom. The largest absolute Gasteiger partial charge is 0.478 e. The van der Waals surface area contributed by atoms with Crippen molar-refractivity contribution in [2.75, 3.05) is 5.75 Å². The summed E-state index contributed by atoms with van der Waals surface area (Å²) < 4.78 is 0. The van der Waals surface area contributed by atoms with Gasteiger partial charge in [-0.2, -0.15) is 0 Å². The molecule has 2 aromatic rings. The average molecular weight is 260 g/mol. The summed E-state index contributed by atoms with van der Waals surface area (Å²) in [6.45, 7) is 0. The monoisotopic (exact) mass is 260 g/mol. The van der Waals surface area contributed by atoms with E-state index in [1.54, 1.807) is 30.1 Å². The number of carbonyl (C=O) groups is 1. The molecule has 0 radical (unpaired) electrons. The molecule has 0 atom stereocenters. The van der Waals surface area contributed by atoms with E-state index < -0.39 is 5.97 Å². The summed E-state index contributed by atoms with van der Waals surface area (Å²) in [5.41, 5.74) is 1.40. The zero-order chi connectivity index (χ0) is 12.8. The minimum atomic E-state index is -0.950. The third-order valence-corrected chi connectivity index (χ3v) is 3.29. The Kier molecular flexibility index (Phi) is 4.30. The SMILES string of the molecule is O=C(O)c1ccc(SCCc2cccnc2)nc1. The van der Waals surface area contributed by atoms with Gasteiger partial charge in [0.15, 0.2) is 0 Å². The first-order chi connectivity index (χ1) is 8.75. The zero-order valence-electron chi connectivity index (χ0n) is 9.61. The molecule has 1 N–H and O–H groups in total. The molecule has 2 heterocycles. The van der Waals surface area contributed by atoms with Crippen LogP contribution in [0.15, 0.2) is 47.9 Å². The first-order valence-electron chi connectivity index (χ1n) is 5.47. The summed E-state index contributed by atoms with van der Waals surface area (Å²) >= 11 is 1.60. The van der Waals surface area contributed by atoms with Crippen molar-refractivity contribution in [2.24, 2.45) is 0 Å². The van der Waals surface area contributed by atoms with Crippen molar-refractivity contribution >= 4 is 17.7 Å². The minimum absolute atomic E-state index is 0.214. The van der Waals surface area contributed by atoms with E-state index in [1.807, 2.05) is 18.3 Å². The Labute approximate surface area is 109 Å². The molecule has 0 amide bonds. The van der Waals surface area contributed by atoms with Gasteiger partial charge >= 0.3 is 5.97 Å². The van der Waals surface area contributed by atoms with E-state index in [-0.39, 0.29) is 5.56 Å². The van der Waals surface area contributed by atoms with Crippen LogP contribution in [0.25, 0.3) is 0 Å². The molecule has 2 aromatic heterocycles. The van der Waals surface area contributed by atoms with Gasteiger partial charge in [-0.1, -0.05) is 6.07 Å². The Morgan fingerprint density at radius 1 is 1.28 bits per heavy atom. The van der Waals surface area contributed by atoms with Crippen molar-refractivity contribution in [3.05, 3.63) is 54.0 Å². The van der Waals surface area contributed by atoms with Crippen LogP contribution in [0.3, 0.4) is 0 Å². The van der Waals surface area contributed by atoms with Gasteiger partial charge in [0.1, 0.15) is 0 Å². The fourth-order valence-electron chi connectivity index (χ4n) is 1.41. The highest BCUT2D eigenvalue weighted by Gasteiger charge is 2.03. The molecule has 0 aliphatic carbocycles. The van der Waals surface area contributed by atoms with Gasteiger partial charge in [0.05, 0.1) is 10.6 Å². The van der Waals surface area contributed by atoms with Crippen molar-refractivity contribution in [2.45, 2.75) is 11.4 Å². The molecular weight excluding hydrogens is 248 g/mol. The van der Waals surface area contributed by atoms with Crippen LogP contribution in [-0.4, -0.2) is 26.8 Å². The van der Waals surface area contributed by atoms with E-state index in [1.165, 1.54) is 11.8 Å².